The molecule has 1 aromatic carbocycles. The number of carbonyl (C=O) groups is 1. The van der Waals surface area contributed by atoms with E-state index in [1.807, 2.05) is 0 Å². The van der Waals surface area contributed by atoms with Crippen LogP contribution in [0.5, 0.6) is 0 Å². The molecular weight excluding hydrogens is 347 g/mol. The van der Waals surface area contributed by atoms with Crippen LogP contribution in [-0.4, -0.2) is 37.7 Å². The molecule has 25 heavy (non-hydrogen) atoms. The molecule has 7 nitrogen and oxygen atoms in total. The van der Waals surface area contributed by atoms with Crippen molar-refractivity contribution in [1.82, 2.24) is 24.6 Å². The Balaban J connectivity index is 1.77. The Labute approximate surface area is 148 Å². The van der Waals surface area contributed by atoms with Crippen LogP contribution >= 0.6 is 11.6 Å². The fourth-order valence-electron chi connectivity index (χ4n) is 2.20. The van der Waals surface area contributed by atoms with Crippen molar-refractivity contribution in [3.63, 3.8) is 0 Å². The number of nitrogens with zero attached hydrogens (tertiary/aromatic N) is 5. The van der Waals surface area contributed by atoms with Crippen molar-refractivity contribution in [2.45, 2.75) is 6.54 Å². The molecule has 3 aromatic rings. The number of hydrogen-bond acceptors (Lipinski definition) is 4. The summed E-state index contributed by atoms with van der Waals surface area (Å²) in [6.45, 7) is 0.0241. The molecule has 0 aliphatic rings. The van der Waals surface area contributed by atoms with Gasteiger partial charge in [-0.2, -0.15) is 5.10 Å². The van der Waals surface area contributed by atoms with Gasteiger partial charge < -0.3 is 10.2 Å². The van der Waals surface area contributed by atoms with Gasteiger partial charge in [0.2, 0.25) is 0 Å². The summed E-state index contributed by atoms with van der Waals surface area (Å²) >= 11 is 6.00. The third-order valence-electron chi connectivity index (χ3n) is 3.47. The van der Waals surface area contributed by atoms with Gasteiger partial charge in [-0.1, -0.05) is 17.7 Å². The quantitative estimate of drug-likeness (QED) is 0.775. The number of carbonyl (C=O) groups excluding carboxylic acids is 1. The SMILES string of the molecule is CN(Cc1c(F)cccc1Cl)C(=O)Nc1cccnc1-n1cncn1. The second kappa shape index (κ2) is 7.27. The maximum absolute atomic E-state index is 13.9. The number of halogens is 2. The van der Waals surface area contributed by atoms with Crippen LogP contribution in [0.15, 0.2) is 49.2 Å². The molecule has 0 fully saturated rings. The molecule has 0 saturated carbocycles. The van der Waals surface area contributed by atoms with Crippen LogP contribution in [0.1, 0.15) is 5.56 Å². The first kappa shape index (κ1) is 16.8. The van der Waals surface area contributed by atoms with Gasteiger partial charge in [0.1, 0.15) is 18.5 Å². The fraction of sp³-hybridized carbons (Fsp3) is 0.125. The predicted molar refractivity (Wildman–Crippen MR) is 91.0 cm³/mol. The normalized spacial score (nSPS) is 10.5. The molecule has 2 amide bonds. The van der Waals surface area contributed by atoms with Crippen molar-refractivity contribution >= 4 is 23.3 Å². The summed E-state index contributed by atoms with van der Waals surface area (Å²) < 4.78 is 15.3. The van der Waals surface area contributed by atoms with Gasteiger partial charge in [0.05, 0.1) is 12.2 Å². The highest BCUT2D eigenvalue weighted by atomic mass is 35.5. The number of rotatable bonds is 4. The van der Waals surface area contributed by atoms with Crippen molar-refractivity contribution in [3.8, 4) is 5.82 Å². The number of aromatic nitrogens is 4. The summed E-state index contributed by atoms with van der Waals surface area (Å²) in [4.78, 5) is 21.8. The molecule has 0 bridgehead atoms. The fourth-order valence-corrected chi connectivity index (χ4v) is 2.42. The summed E-state index contributed by atoms with van der Waals surface area (Å²) in [7, 11) is 1.55. The summed E-state index contributed by atoms with van der Waals surface area (Å²) in [5, 5.41) is 7.00. The maximum atomic E-state index is 13.9. The van der Waals surface area contributed by atoms with E-state index in [-0.39, 0.29) is 17.1 Å². The lowest BCUT2D eigenvalue weighted by molar-refractivity contribution is 0.220. The van der Waals surface area contributed by atoms with Gasteiger partial charge in [0.25, 0.3) is 0 Å². The van der Waals surface area contributed by atoms with Gasteiger partial charge in [-0.15, -0.1) is 0 Å². The monoisotopic (exact) mass is 360 g/mol. The molecule has 1 N–H and O–H groups in total. The van der Waals surface area contributed by atoms with E-state index in [0.717, 1.165) is 0 Å². The molecular formula is C16H14ClFN6O. The minimum Gasteiger partial charge on any atom is -0.323 e. The largest absolute Gasteiger partial charge is 0.323 e. The zero-order valence-corrected chi connectivity index (χ0v) is 14.0. The lowest BCUT2D eigenvalue weighted by Gasteiger charge is -2.19. The summed E-state index contributed by atoms with van der Waals surface area (Å²) in [5.74, 6) is -0.0393. The van der Waals surface area contributed by atoms with E-state index >= 15 is 0 Å². The smallest absolute Gasteiger partial charge is 0.321 e. The third-order valence-corrected chi connectivity index (χ3v) is 3.82. The maximum Gasteiger partial charge on any atom is 0.321 e. The molecule has 0 saturated heterocycles. The van der Waals surface area contributed by atoms with E-state index in [9.17, 15) is 9.18 Å². The van der Waals surface area contributed by atoms with Crippen LogP contribution in [0, 0.1) is 5.82 Å². The van der Waals surface area contributed by atoms with Gasteiger partial charge in [-0.05, 0) is 24.3 Å². The van der Waals surface area contributed by atoms with Gasteiger partial charge in [0, 0.05) is 23.8 Å². The second-order valence-corrected chi connectivity index (χ2v) is 5.61. The Morgan fingerprint density at radius 1 is 1.36 bits per heavy atom. The zero-order chi connectivity index (χ0) is 17.8. The first-order valence-electron chi connectivity index (χ1n) is 7.31. The molecule has 2 aromatic heterocycles. The molecule has 3 rings (SSSR count). The lowest BCUT2D eigenvalue weighted by Crippen LogP contribution is -2.31. The van der Waals surface area contributed by atoms with E-state index in [0.29, 0.717) is 11.5 Å². The molecule has 0 aliphatic carbocycles. The number of anilines is 1. The van der Waals surface area contributed by atoms with Crippen LogP contribution < -0.4 is 5.32 Å². The molecule has 0 atom stereocenters. The van der Waals surface area contributed by atoms with E-state index in [2.05, 4.69) is 20.4 Å². The highest BCUT2D eigenvalue weighted by Crippen LogP contribution is 2.21. The first-order valence-corrected chi connectivity index (χ1v) is 7.69. The van der Waals surface area contributed by atoms with Crippen LogP contribution in [0.3, 0.4) is 0 Å². The van der Waals surface area contributed by atoms with Gasteiger partial charge in [-0.25, -0.2) is 23.8 Å². The minimum absolute atomic E-state index is 0.0241. The second-order valence-electron chi connectivity index (χ2n) is 5.20. The summed E-state index contributed by atoms with van der Waals surface area (Å²) in [6, 6.07) is 7.33. The molecule has 2 heterocycles. The van der Waals surface area contributed by atoms with Gasteiger partial charge in [-0.3, -0.25) is 0 Å². The minimum atomic E-state index is -0.461. The number of benzene rings is 1. The van der Waals surface area contributed by atoms with Crippen molar-refractivity contribution in [2.24, 2.45) is 0 Å². The van der Waals surface area contributed by atoms with E-state index in [4.69, 9.17) is 11.6 Å². The van der Waals surface area contributed by atoms with Crippen LogP contribution in [0.4, 0.5) is 14.9 Å². The Bertz CT molecular complexity index is 866. The van der Waals surface area contributed by atoms with Gasteiger partial charge in [0.15, 0.2) is 5.82 Å². The topological polar surface area (TPSA) is 75.9 Å². The van der Waals surface area contributed by atoms with Crippen molar-refractivity contribution < 1.29 is 9.18 Å². The predicted octanol–water partition coefficient (Wildman–Crippen LogP) is 3.12. The van der Waals surface area contributed by atoms with Crippen LogP contribution in [0.2, 0.25) is 5.02 Å². The average molecular weight is 361 g/mol. The van der Waals surface area contributed by atoms with E-state index in [1.54, 1.807) is 31.4 Å². The molecule has 0 unspecified atom stereocenters. The Morgan fingerprint density at radius 3 is 2.92 bits per heavy atom. The number of amides is 2. The van der Waals surface area contributed by atoms with Crippen LogP contribution in [-0.2, 0) is 6.54 Å². The highest BCUT2D eigenvalue weighted by Gasteiger charge is 2.16. The van der Waals surface area contributed by atoms with E-state index < -0.39 is 11.8 Å². The van der Waals surface area contributed by atoms with E-state index in [1.165, 1.54) is 34.4 Å². The Hall–Kier alpha value is -3.00. The third kappa shape index (κ3) is 3.74. The van der Waals surface area contributed by atoms with Gasteiger partial charge >= 0.3 is 6.03 Å². The van der Waals surface area contributed by atoms with Crippen molar-refractivity contribution in [3.05, 3.63) is 65.6 Å². The molecule has 0 spiro atoms. The highest BCUT2D eigenvalue weighted by molar-refractivity contribution is 6.31. The number of pyridine rings is 1. The van der Waals surface area contributed by atoms with Crippen molar-refractivity contribution in [2.75, 3.05) is 12.4 Å². The Morgan fingerprint density at radius 2 is 2.20 bits per heavy atom. The van der Waals surface area contributed by atoms with Crippen LogP contribution in [0.25, 0.3) is 5.82 Å². The standard InChI is InChI=1S/C16H14ClFN6O/c1-23(8-11-12(17)4-2-5-13(11)18)16(25)22-14-6-3-7-20-15(14)24-10-19-9-21-24/h2-7,9-10H,8H2,1H3,(H,22,25). The molecule has 9 heteroatoms. The average Bonchev–Trinajstić information content (AvgIpc) is 3.13. The molecule has 128 valence electrons. The number of hydrogen-bond donors (Lipinski definition) is 1. The molecule has 0 aliphatic heterocycles. The summed E-state index contributed by atoms with van der Waals surface area (Å²) in [6.07, 6.45) is 4.42. The lowest BCUT2D eigenvalue weighted by atomic mass is 10.2. The van der Waals surface area contributed by atoms with Crippen molar-refractivity contribution in [1.29, 1.82) is 0 Å². The number of urea groups is 1. The Kier molecular flexibility index (Phi) is 4.90. The first-order chi connectivity index (χ1) is 12.1. The number of nitrogens with one attached hydrogen (secondary N) is 1. The summed E-state index contributed by atoms with van der Waals surface area (Å²) in [5.41, 5.74) is 0.703. The zero-order valence-electron chi connectivity index (χ0n) is 13.2. The molecule has 0 radical (unpaired) electrons.